The summed E-state index contributed by atoms with van der Waals surface area (Å²) in [6, 6.07) is 8.07. The van der Waals surface area contributed by atoms with Gasteiger partial charge in [0.15, 0.2) is 0 Å². The highest BCUT2D eigenvalue weighted by Crippen LogP contribution is 2.22. The summed E-state index contributed by atoms with van der Waals surface area (Å²) in [6.45, 7) is 1.93. The Kier molecular flexibility index (Phi) is 6.76. The molecule has 1 aromatic heterocycles. The third-order valence-electron chi connectivity index (χ3n) is 3.63. The molecule has 0 aliphatic rings. The molecule has 1 heterocycles. The number of amides is 1. The van der Waals surface area contributed by atoms with Gasteiger partial charge in [-0.2, -0.15) is 0 Å². The second-order valence-electron chi connectivity index (χ2n) is 5.82. The molecule has 27 heavy (non-hydrogen) atoms. The molecule has 0 saturated carbocycles. The number of anilines is 1. The highest BCUT2D eigenvalue weighted by molar-refractivity contribution is 7.89. The van der Waals surface area contributed by atoms with E-state index in [-0.39, 0.29) is 17.3 Å². The zero-order chi connectivity index (χ0) is 20.2. The van der Waals surface area contributed by atoms with Crippen LogP contribution >= 0.6 is 11.3 Å². The van der Waals surface area contributed by atoms with Crippen molar-refractivity contribution in [3.8, 4) is 0 Å². The van der Waals surface area contributed by atoms with Crippen LogP contribution in [0.3, 0.4) is 0 Å². The van der Waals surface area contributed by atoms with Crippen molar-refractivity contribution in [3.63, 3.8) is 0 Å². The lowest BCUT2D eigenvalue weighted by atomic mass is 10.2. The van der Waals surface area contributed by atoms with Gasteiger partial charge in [0.1, 0.15) is 0 Å². The third kappa shape index (κ3) is 6.11. The molecule has 0 aliphatic heterocycles. The second-order valence-corrected chi connectivity index (χ2v) is 10.7. The monoisotopic (exact) mass is 431 g/mol. The van der Waals surface area contributed by atoms with Crippen molar-refractivity contribution in [2.24, 2.45) is 0 Å². The summed E-state index contributed by atoms with van der Waals surface area (Å²) in [5.41, 5.74) is 0.937. The van der Waals surface area contributed by atoms with Crippen LogP contribution in [0.25, 0.3) is 0 Å². The van der Waals surface area contributed by atoms with E-state index in [9.17, 15) is 21.6 Å². The zero-order valence-corrected chi connectivity index (χ0v) is 17.5. The Morgan fingerprint density at radius 2 is 1.81 bits per heavy atom. The summed E-state index contributed by atoms with van der Waals surface area (Å²) in [5.74, 6) is -0.362. The molecule has 11 heteroatoms. The van der Waals surface area contributed by atoms with Gasteiger partial charge >= 0.3 is 0 Å². The molecule has 148 valence electrons. The maximum absolute atomic E-state index is 12.4. The first-order valence-corrected chi connectivity index (χ1v) is 12.1. The van der Waals surface area contributed by atoms with Crippen LogP contribution < -0.4 is 14.8 Å². The molecular weight excluding hydrogens is 410 g/mol. The number of carbonyl (C=O) groups excluding carboxylic acids is 1. The fraction of sp³-hybridized carbons (Fsp3) is 0.312. The molecule has 2 rings (SSSR count). The smallest absolute Gasteiger partial charge is 0.265 e. The van der Waals surface area contributed by atoms with E-state index < -0.39 is 20.0 Å². The van der Waals surface area contributed by atoms with Gasteiger partial charge in [0, 0.05) is 17.1 Å². The van der Waals surface area contributed by atoms with Crippen LogP contribution in [0.2, 0.25) is 0 Å². The lowest BCUT2D eigenvalue weighted by Gasteiger charge is -2.10. The topological polar surface area (TPSA) is 121 Å². The van der Waals surface area contributed by atoms with Gasteiger partial charge in [-0.05, 0) is 50.2 Å². The van der Waals surface area contributed by atoms with Crippen molar-refractivity contribution < 1.29 is 21.6 Å². The summed E-state index contributed by atoms with van der Waals surface area (Å²) < 4.78 is 50.8. The summed E-state index contributed by atoms with van der Waals surface area (Å²) in [6.07, 6.45) is 1.56. The van der Waals surface area contributed by atoms with E-state index in [4.69, 9.17) is 0 Å². The van der Waals surface area contributed by atoms with Crippen LogP contribution in [0.5, 0.6) is 0 Å². The van der Waals surface area contributed by atoms with E-state index in [2.05, 4.69) is 14.8 Å². The minimum absolute atomic E-state index is 0.0986. The van der Waals surface area contributed by atoms with E-state index in [1.165, 1.54) is 24.5 Å². The average molecular weight is 432 g/mol. The number of aryl methyl sites for hydroxylation is 1. The SMILES string of the molecule is CNS(=O)(=O)c1cc(NC(=O)c2ccc(CCNS(C)(=O)=O)s2)ccc1C. The molecule has 0 fully saturated rings. The lowest BCUT2D eigenvalue weighted by Crippen LogP contribution is -2.24. The van der Waals surface area contributed by atoms with Crippen molar-refractivity contribution in [2.75, 3.05) is 25.2 Å². The lowest BCUT2D eigenvalue weighted by molar-refractivity contribution is 0.103. The number of nitrogens with one attached hydrogen (secondary N) is 3. The summed E-state index contributed by atoms with van der Waals surface area (Å²) in [5, 5.41) is 2.68. The Morgan fingerprint density at radius 1 is 1.11 bits per heavy atom. The summed E-state index contributed by atoms with van der Waals surface area (Å²) in [4.78, 5) is 13.8. The van der Waals surface area contributed by atoms with Gasteiger partial charge in [-0.1, -0.05) is 6.07 Å². The molecular formula is C16H21N3O5S3. The number of hydrogen-bond acceptors (Lipinski definition) is 6. The number of benzene rings is 1. The van der Waals surface area contributed by atoms with E-state index in [0.717, 1.165) is 11.1 Å². The zero-order valence-electron chi connectivity index (χ0n) is 15.1. The molecule has 2 aromatic rings. The van der Waals surface area contributed by atoms with Crippen LogP contribution in [0, 0.1) is 6.92 Å². The first-order valence-electron chi connectivity index (χ1n) is 7.91. The third-order valence-corrected chi connectivity index (χ3v) is 7.05. The quantitative estimate of drug-likeness (QED) is 0.582. The Hall–Kier alpha value is -1.79. The van der Waals surface area contributed by atoms with Gasteiger partial charge in [-0.3, -0.25) is 4.79 Å². The van der Waals surface area contributed by atoms with Crippen molar-refractivity contribution >= 4 is 43.0 Å². The van der Waals surface area contributed by atoms with Crippen molar-refractivity contribution in [1.29, 1.82) is 0 Å². The molecule has 0 unspecified atom stereocenters. The van der Waals surface area contributed by atoms with E-state index in [0.29, 0.717) is 22.5 Å². The molecule has 0 radical (unpaired) electrons. The molecule has 0 atom stereocenters. The maximum Gasteiger partial charge on any atom is 0.265 e. The van der Waals surface area contributed by atoms with Crippen LogP contribution in [-0.2, 0) is 26.5 Å². The van der Waals surface area contributed by atoms with Crippen molar-refractivity contribution in [2.45, 2.75) is 18.2 Å². The van der Waals surface area contributed by atoms with Gasteiger partial charge in [-0.15, -0.1) is 11.3 Å². The predicted octanol–water partition coefficient (Wildman–Crippen LogP) is 1.31. The molecule has 0 bridgehead atoms. The number of thiophene rings is 1. The fourth-order valence-electron chi connectivity index (χ4n) is 2.26. The second kappa shape index (κ2) is 8.48. The molecule has 3 N–H and O–H groups in total. The van der Waals surface area contributed by atoms with Crippen LogP contribution in [-0.4, -0.2) is 42.6 Å². The largest absolute Gasteiger partial charge is 0.321 e. The Labute approximate surface area is 163 Å². The van der Waals surface area contributed by atoms with Gasteiger partial charge < -0.3 is 5.32 Å². The molecule has 8 nitrogen and oxygen atoms in total. The standard InChI is InChI=1S/C16H21N3O5S3/c1-11-4-5-12(10-15(11)27(23,24)17-2)19-16(20)14-7-6-13(25-14)8-9-18-26(3,21)22/h4-7,10,17-18H,8-9H2,1-3H3,(H,19,20). The first-order chi connectivity index (χ1) is 12.5. The van der Waals surface area contributed by atoms with Gasteiger partial charge in [0.2, 0.25) is 20.0 Å². The number of hydrogen-bond donors (Lipinski definition) is 3. The fourth-order valence-corrected chi connectivity index (χ4v) is 4.63. The van der Waals surface area contributed by atoms with Gasteiger partial charge in [-0.25, -0.2) is 26.3 Å². The molecule has 0 saturated heterocycles. The Bertz CT molecular complexity index is 1040. The van der Waals surface area contributed by atoms with E-state index in [1.54, 1.807) is 31.2 Å². The van der Waals surface area contributed by atoms with Crippen LogP contribution in [0.4, 0.5) is 5.69 Å². The number of sulfonamides is 2. The average Bonchev–Trinajstić information content (AvgIpc) is 3.04. The molecule has 0 spiro atoms. The normalized spacial score (nSPS) is 12.1. The number of carbonyl (C=O) groups is 1. The Balaban J connectivity index is 2.09. The minimum atomic E-state index is -3.62. The van der Waals surface area contributed by atoms with Crippen LogP contribution in [0.1, 0.15) is 20.1 Å². The van der Waals surface area contributed by atoms with Crippen LogP contribution in [0.15, 0.2) is 35.2 Å². The van der Waals surface area contributed by atoms with E-state index in [1.807, 2.05) is 0 Å². The van der Waals surface area contributed by atoms with Gasteiger partial charge in [0.05, 0.1) is 16.0 Å². The summed E-state index contributed by atoms with van der Waals surface area (Å²) in [7, 11) is -5.54. The Morgan fingerprint density at radius 3 is 2.44 bits per heavy atom. The van der Waals surface area contributed by atoms with E-state index >= 15 is 0 Å². The van der Waals surface area contributed by atoms with Crippen molar-refractivity contribution in [3.05, 3.63) is 45.6 Å². The number of rotatable bonds is 8. The van der Waals surface area contributed by atoms with Gasteiger partial charge in [0.25, 0.3) is 5.91 Å². The van der Waals surface area contributed by atoms with Crippen molar-refractivity contribution in [1.82, 2.24) is 9.44 Å². The first kappa shape index (κ1) is 21.5. The highest BCUT2D eigenvalue weighted by Gasteiger charge is 2.16. The summed E-state index contributed by atoms with van der Waals surface area (Å²) >= 11 is 1.25. The molecule has 0 aliphatic carbocycles. The molecule has 1 amide bonds. The maximum atomic E-state index is 12.4. The molecule has 1 aromatic carbocycles. The minimum Gasteiger partial charge on any atom is -0.321 e. The predicted molar refractivity (Wildman–Crippen MR) is 106 cm³/mol. The highest BCUT2D eigenvalue weighted by atomic mass is 32.2.